The van der Waals surface area contributed by atoms with Crippen molar-refractivity contribution in [2.75, 3.05) is 24.9 Å². The molecule has 0 fully saturated rings. The number of carbonyl (C=O) groups excluding carboxylic acids is 1. The molecule has 7 nitrogen and oxygen atoms in total. The number of rotatable bonds is 4. The first-order valence-electron chi connectivity index (χ1n) is 5.86. The fourth-order valence-electron chi connectivity index (χ4n) is 1.66. The number of urea groups is 1. The van der Waals surface area contributed by atoms with Crippen LogP contribution in [0.5, 0.6) is 11.5 Å². The second-order valence-electron chi connectivity index (χ2n) is 3.94. The molecule has 0 aliphatic rings. The van der Waals surface area contributed by atoms with Crippen LogP contribution in [0.1, 0.15) is 5.76 Å². The van der Waals surface area contributed by atoms with Crippen molar-refractivity contribution in [3.63, 3.8) is 0 Å². The van der Waals surface area contributed by atoms with Gasteiger partial charge in [0, 0.05) is 6.07 Å². The van der Waals surface area contributed by atoms with Crippen LogP contribution in [-0.4, -0.2) is 25.4 Å². The van der Waals surface area contributed by atoms with Gasteiger partial charge < -0.3 is 19.3 Å². The minimum atomic E-state index is -0.471. The number of methoxy groups -OCH3 is 2. The van der Waals surface area contributed by atoms with E-state index in [0.717, 1.165) is 0 Å². The van der Waals surface area contributed by atoms with Gasteiger partial charge in [0.05, 0.1) is 14.2 Å². The summed E-state index contributed by atoms with van der Waals surface area (Å²) in [6, 6.07) is 6.35. The first kappa shape index (κ1) is 13.7. The SMILES string of the molecule is COc1cccc(OC)c1NC(=O)Nc1cc(C)on1. The molecule has 0 aliphatic carbocycles. The van der Waals surface area contributed by atoms with Crippen LogP contribution in [0.15, 0.2) is 28.8 Å². The molecule has 0 spiro atoms. The molecule has 0 unspecified atom stereocenters. The van der Waals surface area contributed by atoms with Gasteiger partial charge in [0.15, 0.2) is 5.82 Å². The molecule has 0 saturated carbocycles. The zero-order valence-corrected chi connectivity index (χ0v) is 11.4. The quantitative estimate of drug-likeness (QED) is 0.897. The Hall–Kier alpha value is -2.70. The first-order valence-corrected chi connectivity index (χ1v) is 5.86. The summed E-state index contributed by atoms with van der Waals surface area (Å²) in [5.74, 6) is 1.93. The number of nitrogens with one attached hydrogen (secondary N) is 2. The van der Waals surface area contributed by atoms with Gasteiger partial charge in [0.1, 0.15) is 22.9 Å². The Morgan fingerprint density at radius 1 is 1.20 bits per heavy atom. The van der Waals surface area contributed by atoms with E-state index >= 15 is 0 Å². The molecule has 1 aromatic carbocycles. The Bertz CT molecular complexity index is 587. The number of amides is 2. The Balaban J connectivity index is 2.14. The van der Waals surface area contributed by atoms with Crippen LogP contribution in [-0.2, 0) is 0 Å². The van der Waals surface area contributed by atoms with E-state index in [4.69, 9.17) is 14.0 Å². The zero-order chi connectivity index (χ0) is 14.5. The fourth-order valence-corrected chi connectivity index (χ4v) is 1.66. The van der Waals surface area contributed by atoms with Crippen molar-refractivity contribution in [2.45, 2.75) is 6.92 Å². The molecule has 2 N–H and O–H groups in total. The van der Waals surface area contributed by atoms with Gasteiger partial charge in [-0.25, -0.2) is 4.79 Å². The Morgan fingerprint density at radius 3 is 2.35 bits per heavy atom. The first-order chi connectivity index (χ1) is 9.63. The van der Waals surface area contributed by atoms with Gasteiger partial charge >= 0.3 is 6.03 Å². The molecule has 2 rings (SSSR count). The van der Waals surface area contributed by atoms with Gasteiger partial charge in [-0.3, -0.25) is 5.32 Å². The summed E-state index contributed by atoms with van der Waals surface area (Å²) in [6.07, 6.45) is 0. The minimum absolute atomic E-state index is 0.328. The summed E-state index contributed by atoms with van der Waals surface area (Å²) in [5.41, 5.74) is 0.440. The van der Waals surface area contributed by atoms with E-state index < -0.39 is 6.03 Å². The molecule has 20 heavy (non-hydrogen) atoms. The number of hydrogen-bond acceptors (Lipinski definition) is 5. The summed E-state index contributed by atoms with van der Waals surface area (Å²) in [7, 11) is 3.03. The largest absolute Gasteiger partial charge is 0.494 e. The zero-order valence-electron chi connectivity index (χ0n) is 11.4. The maximum absolute atomic E-state index is 11.9. The van der Waals surface area contributed by atoms with Crippen LogP contribution in [0.3, 0.4) is 0 Å². The predicted molar refractivity (Wildman–Crippen MR) is 73.4 cm³/mol. The summed E-state index contributed by atoms with van der Waals surface area (Å²) < 4.78 is 15.2. The van der Waals surface area contributed by atoms with Gasteiger partial charge in [-0.1, -0.05) is 11.2 Å². The third-order valence-electron chi connectivity index (χ3n) is 2.54. The lowest BCUT2D eigenvalue weighted by atomic mass is 10.2. The number of aryl methyl sites for hydroxylation is 1. The molecule has 0 bridgehead atoms. The number of aromatic nitrogens is 1. The average molecular weight is 277 g/mol. The molecule has 106 valence electrons. The standard InChI is InChI=1S/C13H15N3O4/c1-8-7-11(16-20-8)14-13(17)15-12-9(18-2)5-4-6-10(12)19-3/h4-7H,1-3H3,(H2,14,15,16,17). The van der Waals surface area contributed by atoms with Gasteiger partial charge in [0.2, 0.25) is 0 Å². The molecule has 0 saturated heterocycles. The highest BCUT2D eigenvalue weighted by Crippen LogP contribution is 2.34. The van der Waals surface area contributed by atoms with Gasteiger partial charge in [-0.2, -0.15) is 0 Å². The fraction of sp³-hybridized carbons (Fsp3) is 0.231. The van der Waals surface area contributed by atoms with Crippen LogP contribution >= 0.6 is 0 Å². The van der Waals surface area contributed by atoms with Crippen molar-refractivity contribution in [3.8, 4) is 11.5 Å². The minimum Gasteiger partial charge on any atom is -0.494 e. The van der Waals surface area contributed by atoms with Crippen molar-refractivity contribution < 1.29 is 18.8 Å². The normalized spacial score (nSPS) is 9.95. The van der Waals surface area contributed by atoms with Crippen molar-refractivity contribution in [3.05, 3.63) is 30.0 Å². The highest BCUT2D eigenvalue weighted by Gasteiger charge is 2.14. The molecule has 1 heterocycles. The van der Waals surface area contributed by atoms with E-state index in [-0.39, 0.29) is 0 Å². The highest BCUT2D eigenvalue weighted by atomic mass is 16.5. The Kier molecular flexibility index (Phi) is 4.09. The van der Waals surface area contributed by atoms with Crippen LogP contribution < -0.4 is 20.1 Å². The Morgan fingerprint density at radius 2 is 1.85 bits per heavy atom. The number of nitrogens with zero attached hydrogens (tertiary/aromatic N) is 1. The van der Waals surface area contributed by atoms with Crippen LogP contribution in [0.25, 0.3) is 0 Å². The monoisotopic (exact) mass is 277 g/mol. The maximum Gasteiger partial charge on any atom is 0.325 e. The Labute approximate surface area is 115 Å². The summed E-state index contributed by atoms with van der Waals surface area (Å²) in [4.78, 5) is 11.9. The van der Waals surface area contributed by atoms with Crippen molar-refractivity contribution in [1.29, 1.82) is 0 Å². The highest BCUT2D eigenvalue weighted by molar-refractivity contribution is 6.01. The molecular formula is C13H15N3O4. The molecule has 0 atom stereocenters. The van der Waals surface area contributed by atoms with Gasteiger partial charge in [-0.15, -0.1) is 0 Å². The molecule has 0 radical (unpaired) electrons. The van der Waals surface area contributed by atoms with E-state index in [2.05, 4.69) is 15.8 Å². The predicted octanol–water partition coefficient (Wildman–Crippen LogP) is 2.64. The smallest absolute Gasteiger partial charge is 0.325 e. The van der Waals surface area contributed by atoms with E-state index in [1.165, 1.54) is 14.2 Å². The van der Waals surface area contributed by atoms with Crippen molar-refractivity contribution in [1.82, 2.24) is 5.16 Å². The van der Waals surface area contributed by atoms with Crippen LogP contribution in [0.4, 0.5) is 16.3 Å². The number of carbonyl (C=O) groups is 1. The second-order valence-corrected chi connectivity index (χ2v) is 3.94. The number of benzene rings is 1. The lowest BCUT2D eigenvalue weighted by Crippen LogP contribution is -2.20. The topological polar surface area (TPSA) is 85.6 Å². The van der Waals surface area contributed by atoms with E-state index in [1.54, 1.807) is 31.2 Å². The third-order valence-corrected chi connectivity index (χ3v) is 2.54. The number of ether oxygens (including phenoxy) is 2. The van der Waals surface area contributed by atoms with Crippen LogP contribution in [0.2, 0.25) is 0 Å². The van der Waals surface area contributed by atoms with E-state index in [1.807, 2.05) is 0 Å². The molecule has 1 aromatic heterocycles. The lowest BCUT2D eigenvalue weighted by Gasteiger charge is -2.13. The summed E-state index contributed by atoms with van der Waals surface area (Å²) >= 11 is 0. The molecular weight excluding hydrogens is 262 g/mol. The maximum atomic E-state index is 11.9. The van der Waals surface area contributed by atoms with Gasteiger partial charge in [-0.05, 0) is 19.1 Å². The molecule has 0 aliphatic heterocycles. The lowest BCUT2D eigenvalue weighted by molar-refractivity contribution is 0.261. The summed E-state index contributed by atoms with van der Waals surface area (Å²) in [5, 5.41) is 8.88. The number of anilines is 2. The molecule has 2 aromatic rings. The number of para-hydroxylation sites is 1. The second kappa shape index (κ2) is 5.96. The van der Waals surface area contributed by atoms with Crippen molar-refractivity contribution in [2.24, 2.45) is 0 Å². The van der Waals surface area contributed by atoms with E-state index in [9.17, 15) is 4.79 Å². The van der Waals surface area contributed by atoms with E-state index in [0.29, 0.717) is 28.8 Å². The summed E-state index contributed by atoms with van der Waals surface area (Å²) in [6.45, 7) is 1.74. The molecule has 7 heteroatoms. The van der Waals surface area contributed by atoms with Crippen molar-refractivity contribution >= 4 is 17.5 Å². The van der Waals surface area contributed by atoms with Crippen LogP contribution in [0, 0.1) is 6.92 Å². The van der Waals surface area contributed by atoms with Gasteiger partial charge in [0.25, 0.3) is 0 Å². The average Bonchev–Trinajstić information content (AvgIpc) is 2.84. The number of hydrogen-bond donors (Lipinski definition) is 2. The third kappa shape index (κ3) is 3.00. The molecule has 2 amide bonds.